The van der Waals surface area contributed by atoms with Crippen LogP contribution in [-0.4, -0.2) is 40.1 Å². The normalized spacial score (nSPS) is 18.0. The largest absolute Gasteiger partial charge is 0.488 e. The fraction of sp³-hybridized carbons (Fsp3) is 0.548. The zero-order valence-corrected chi connectivity index (χ0v) is 25.0. The quantitative estimate of drug-likeness (QED) is 0.254. The van der Waals surface area contributed by atoms with Crippen LogP contribution in [0.2, 0.25) is 0 Å². The Kier molecular flexibility index (Phi) is 6.95. The summed E-state index contributed by atoms with van der Waals surface area (Å²) < 4.78 is 30.0. The van der Waals surface area contributed by atoms with E-state index in [4.69, 9.17) is 23.4 Å². The summed E-state index contributed by atoms with van der Waals surface area (Å²) in [5.41, 5.74) is -1.78. The van der Waals surface area contributed by atoms with Gasteiger partial charge in [-0.1, -0.05) is 6.07 Å². The van der Waals surface area contributed by atoms with Crippen molar-refractivity contribution < 1.29 is 28.2 Å². The van der Waals surface area contributed by atoms with Gasteiger partial charge >= 0.3 is 11.7 Å². The molecule has 212 valence electrons. The fourth-order valence-corrected chi connectivity index (χ4v) is 4.75. The minimum atomic E-state index is -0.868. The molecule has 1 saturated heterocycles. The van der Waals surface area contributed by atoms with Gasteiger partial charge in [0.05, 0.1) is 18.0 Å². The molecule has 8 heteroatoms. The number of fused-ring (bicyclic) bond motifs is 3. The van der Waals surface area contributed by atoms with Crippen LogP contribution in [0.3, 0.4) is 0 Å². The summed E-state index contributed by atoms with van der Waals surface area (Å²) in [5, 5.41) is 1.67. The van der Waals surface area contributed by atoms with E-state index in [9.17, 15) is 9.59 Å². The summed E-state index contributed by atoms with van der Waals surface area (Å²) in [7, 11) is 0. The van der Waals surface area contributed by atoms with E-state index in [1.54, 1.807) is 17.0 Å². The lowest BCUT2D eigenvalue weighted by Crippen LogP contribution is -2.47. The van der Waals surface area contributed by atoms with Crippen LogP contribution < -0.4 is 15.1 Å². The molecule has 2 aromatic carbocycles. The first-order valence-electron chi connectivity index (χ1n) is 13.3. The van der Waals surface area contributed by atoms with Gasteiger partial charge in [0, 0.05) is 16.8 Å². The second-order valence-electron chi connectivity index (χ2n) is 13.5. The number of hydrogen-bond donors (Lipinski definition) is 0. The van der Waals surface area contributed by atoms with Gasteiger partial charge in [0.15, 0.2) is 0 Å². The zero-order valence-electron chi connectivity index (χ0n) is 25.0. The van der Waals surface area contributed by atoms with Gasteiger partial charge in [-0.15, -0.1) is 0 Å². The van der Waals surface area contributed by atoms with Crippen LogP contribution in [0.15, 0.2) is 39.5 Å². The first-order valence-corrected chi connectivity index (χ1v) is 13.3. The van der Waals surface area contributed by atoms with Crippen molar-refractivity contribution >= 4 is 27.8 Å². The molecule has 3 aromatic rings. The fourth-order valence-electron chi connectivity index (χ4n) is 4.75. The van der Waals surface area contributed by atoms with Crippen molar-refractivity contribution in [1.29, 1.82) is 0 Å². The van der Waals surface area contributed by atoms with Crippen molar-refractivity contribution in [2.24, 2.45) is 0 Å². The summed E-state index contributed by atoms with van der Waals surface area (Å²) >= 11 is 0. The van der Waals surface area contributed by atoms with E-state index in [0.717, 1.165) is 5.56 Å². The van der Waals surface area contributed by atoms with Gasteiger partial charge in [-0.3, -0.25) is 4.90 Å². The first kappa shape index (κ1) is 28.7. The van der Waals surface area contributed by atoms with E-state index in [2.05, 4.69) is 0 Å². The van der Waals surface area contributed by atoms with E-state index in [0.29, 0.717) is 39.8 Å². The lowest BCUT2D eigenvalue weighted by Gasteiger charge is -2.35. The molecule has 0 unspecified atom stereocenters. The number of carbonyl (C=O) groups is 1. The molecule has 0 saturated carbocycles. The second kappa shape index (κ2) is 9.44. The van der Waals surface area contributed by atoms with Gasteiger partial charge in [-0.05, 0) is 99.9 Å². The van der Waals surface area contributed by atoms with Crippen LogP contribution in [0.25, 0.3) is 21.7 Å². The van der Waals surface area contributed by atoms with Crippen molar-refractivity contribution in [2.75, 3.05) is 6.61 Å². The smallest absolute Gasteiger partial charge is 0.413 e. The molecule has 1 amide bonds. The molecular weight excluding hydrogens is 498 g/mol. The molecule has 1 aliphatic heterocycles. The highest BCUT2D eigenvalue weighted by molar-refractivity contribution is 6.08. The van der Waals surface area contributed by atoms with Crippen molar-refractivity contribution in [1.82, 2.24) is 4.90 Å². The summed E-state index contributed by atoms with van der Waals surface area (Å²) in [4.78, 5) is 28.1. The van der Waals surface area contributed by atoms with Crippen LogP contribution in [0.5, 0.6) is 11.5 Å². The Morgan fingerprint density at radius 2 is 1.54 bits per heavy atom. The molecule has 0 spiro atoms. The molecular formula is C31H41NO7. The van der Waals surface area contributed by atoms with Crippen LogP contribution in [-0.2, 0) is 9.47 Å². The Bertz CT molecular complexity index is 1470. The van der Waals surface area contributed by atoms with E-state index in [1.807, 2.05) is 94.4 Å². The number of ether oxygens (including phenoxy) is 4. The first-order chi connectivity index (χ1) is 17.7. The third kappa shape index (κ3) is 6.32. The van der Waals surface area contributed by atoms with Crippen molar-refractivity contribution in [3.05, 3.63) is 46.3 Å². The third-order valence-electron chi connectivity index (χ3n) is 6.07. The Balaban J connectivity index is 1.93. The molecule has 1 atom stereocenters. The van der Waals surface area contributed by atoms with Crippen LogP contribution in [0, 0.1) is 0 Å². The molecule has 8 nitrogen and oxygen atoms in total. The van der Waals surface area contributed by atoms with Gasteiger partial charge in [0.1, 0.15) is 39.6 Å². The van der Waals surface area contributed by atoms with E-state index in [1.165, 1.54) is 0 Å². The maximum atomic E-state index is 13.3. The van der Waals surface area contributed by atoms with Crippen molar-refractivity contribution in [3.63, 3.8) is 0 Å². The van der Waals surface area contributed by atoms with Crippen molar-refractivity contribution in [2.45, 2.75) is 105 Å². The summed E-state index contributed by atoms with van der Waals surface area (Å²) in [6, 6.07) is 8.65. The van der Waals surface area contributed by atoms with E-state index in [-0.39, 0.29) is 0 Å². The van der Waals surface area contributed by atoms with Gasteiger partial charge in [-0.2, -0.15) is 0 Å². The number of hydrogen-bond acceptors (Lipinski definition) is 7. The van der Waals surface area contributed by atoms with E-state index < -0.39 is 40.3 Å². The Morgan fingerprint density at radius 1 is 0.897 bits per heavy atom. The van der Waals surface area contributed by atoms with Gasteiger partial charge in [0.25, 0.3) is 0 Å². The standard InChI is InChI=1S/C31H41NO7/c1-28(2,3)37-19-15-21-25(24(16-19)38-29(4,5)6)20-14-18(12-13-23(20)36-26(21)33)22-17-35-31(10,11)32(22)27(34)39-30(7,8)9/h12-16,22H,17H2,1-11H3/t22-/m0/s1. The molecule has 1 aromatic heterocycles. The second-order valence-corrected chi connectivity index (χ2v) is 13.5. The molecule has 0 bridgehead atoms. The highest BCUT2D eigenvalue weighted by atomic mass is 16.6. The Labute approximate surface area is 230 Å². The predicted molar refractivity (Wildman–Crippen MR) is 152 cm³/mol. The number of carbonyl (C=O) groups excluding carboxylic acids is 1. The number of rotatable bonds is 3. The minimum absolute atomic E-state index is 0.293. The lowest BCUT2D eigenvalue weighted by atomic mass is 9.99. The Hall–Kier alpha value is -3.26. The average molecular weight is 540 g/mol. The summed E-state index contributed by atoms with van der Waals surface area (Å²) in [5.74, 6) is 1.03. The number of nitrogens with zero attached hydrogens (tertiary/aromatic N) is 1. The van der Waals surface area contributed by atoms with Crippen LogP contribution >= 0.6 is 0 Å². The number of benzene rings is 2. The van der Waals surface area contributed by atoms with Crippen LogP contribution in [0.1, 0.15) is 87.8 Å². The monoisotopic (exact) mass is 539 g/mol. The predicted octanol–water partition coefficient (Wildman–Crippen LogP) is 7.35. The molecule has 1 fully saturated rings. The van der Waals surface area contributed by atoms with E-state index >= 15 is 0 Å². The molecule has 39 heavy (non-hydrogen) atoms. The topological polar surface area (TPSA) is 87.4 Å². The van der Waals surface area contributed by atoms with Crippen molar-refractivity contribution in [3.8, 4) is 11.5 Å². The lowest BCUT2D eigenvalue weighted by molar-refractivity contribution is -0.0626. The van der Waals surface area contributed by atoms with Gasteiger partial charge in [-0.25, -0.2) is 9.59 Å². The molecule has 0 N–H and O–H groups in total. The van der Waals surface area contributed by atoms with Gasteiger partial charge < -0.3 is 23.4 Å². The molecule has 0 aliphatic carbocycles. The maximum Gasteiger partial charge on any atom is 0.413 e. The number of amides is 1. The van der Waals surface area contributed by atoms with Crippen LogP contribution in [0.4, 0.5) is 4.79 Å². The highest BCUT2D eigenvalue weighted by Crippen LogP contribution is 2.42. The SMILES string of the molecule is CC(C)(C)OC(=O)N1[C@H](c2ccc3oc(=O)c4cc(OC(C)(C)C)cc(OC(C)(C)C)c4c3c2)COC1(C)C. The molecule has 4 rings (SSSR count). The maximum absolute atomic E-state index is 13.3. The highest BCUT2D eigenvalue weighted by Gasteiger charge is 2.46. The third-order valence-corrected chi connectivity index (χ3v) is 6.07. The Morgan fingerprint density at radius 3 is 2.13 bits per heavy atom. The molecule has 1 aliphatic rings. The summed E-state index contributed by atoms with van der Waals surface area (Å²) in [6.07, 6.45) is -0.458. The summed E-state index contributed by atoms with van der Waals surface area (Å²) in [6.45, 7) is 21.2. The molecule has 2 heterocycles. The average Bonchev–Trinajstić information content (AvgIpc) is 3.05. The molecule has 0 radical (unpaired) electrons. The zero-order chi connectivity index (χ0) is 29.1. The van der Waals surface area contributed by atoms with Gasteiger partial charge in [0.2, 0.25) is 0 Å². The minimum Gasteiger partial charge on any atom is -0.488 e.